The van der Waals surface area contributed by atoms with Crippen molar-refractivity contribution in [2.75, 3.05) is 0 Å². The molecule has 7 atom stereocenters. The molecule has 0 aliphatic heterocycles. The Balaban J connectivity index is 2.35. The highest BCUT2D eigenvalue weighted by Crippen LogP contribution is 2.60. The second-order valence-electron chi connectivity index (χ2n) is 11.4. The molecule has 2 bridgehead atoms. The zero-order valence-corrected chi connectivity index (χ0v) is 23.0. The lowest BCUT2D eigenvalue weighted by atomic mass is 9.49. The van der Waals surface area contributed by atoms with Crippen LogP contribution in [0, 0.1) is 22.7 Å². The molecule has 0 unspecified atom stereocenters. The minimum atomic E-state index is -0.944. The van der Waals surface area contributed by atoms with Crippen LogP contribution in [0.4, 0.5) is 0 Å². The molecule has 37 heavy (non-hydrogen) atoms. The molecule has 0 N–H and O–H groups in total. The van der Waals surface area contributed by atoms with Crippen LogP contribution in [0.5, 0.6) is 0 Å². The summed E-state index contributed by atoms with van der Waals surface area (Å²) < 4.78 is 23.3. The van der Waals surface area contributed by atoms with Gasteiger partial charge in [-0.2, -0.15) is 0 Å². The van der Waals surface area contributed by atoms with E-state index in [1.54, 1.807) is 6.92 Å². The maximum Gasteiger partial charge on any atom is 0.303 e. The molecule has 204 valence electrons. The van der Waals surface area contributed by atoms with Crippen LogP contribution in [-0.2, 0) is 42.9 Å². The number of rotatable bonds is 4. The largest absolute Gasteiger partial charge is 0.462 e. The number of ether oxygens (including phenoxy) is 4. The fourth-order valence-electron chi connectivity index (χ4n) is 6.99. The van der Waals surface area contributed by atoms with Gasteiger partial charge in [-0.3, -0.25) is 24.0 Å². The van der Waals surface area contributed by atoms with Crippen molar-refractivity contribution >= 4 is 29.7 Å². The van der Waals surface area contributed by atoms with Gasteiger partial charge >= 0.3 is 23.9 Å². The predicted molar refractivity (Wildman–Crippen MR) is 132 cm³/mol. The maximum absolute atomic E-state index is 13.3. The first-order chi connectivity index (χ1) is 17.0. The standard InChI is InChI=1S/C28H38O9/c1-13-20(33)10-19-26(37-18(6)32)25-14(2)21(34-15(3)29)11-23(36-17(5)31)28(25,9)12-22(35-16(4)30)24(13)27(19,7)8/h19,21-23,25-26H,2,10-12H2,1,3-9H3/t19-,21-,22-,23-,25-,26+,28+/m0/s1. The van der Waals surface area contributed by atoms with E-state index >= 15 is 0 Å². The second-order valence-corrected chi connectivity index (χ2v) is 11.4. The molecule has 0 heterocycles. The third-order valence-electron chi connectivity index (χ3n) is 8.43. The van der Waals surface area contributed by atoms with Gasteiger partial charge in [0.1, 0.15) is 24.4 Å². The molecule has 9 nitrogen and oxygen atoms in total. The number of carbonyl (C=O) groups is 5. The topological polar surface area (TPSA) is 122 Å². The van der Waals surface area contributed by atoms with Gasteiger partial charge in [0.15, 0.2) is 5.78 Å². The van der Waals surface area contributed by atoms with Gasteiger partial charge in [-0.25, -0.2) is 0 Å². The lowest BCUT2D eigenvalue weighted by Crippen LogP contribution is -2.62. The van der Waals surface area contributed by atoms with Gasteiger partial charge in [0.25, 0.3) is 0 Å². The number of carbonyl (C=O) groups excluding carboxylic acids is 5. The van der Waals surface area contributed by atoms with Gasteiger partial charge < -0.3 is 18.9 Å². The zero-order valence-electron chi connectivity index (χ0n) is 23.0. The van der Waals surface area contributed by atoms with E-state index in [2.05, 4.69) is 6.58 Å². The molecule has 3 aliphatic rings. The minimum Gasteiger partial charge on any atom is -0.462 e. The van der Waals surface area contributed by atoms with Gasteiger partial charge in [-0.15, -0.1) is 0 Å². The smallest absolute Gasteiger partial charge is 0.303 e. The van der Waals surface area contributed by atoms with Crippen LogP contribution in [0.15, 0.2) is 23.3 Å². The van der Waals surface area contributed by atoms with Gasteiger partial charge in [-0.1, -0.05) is 27.4 Å². The third-order valence-corrected chi connectivity index (χ3v) is 8.43. The molecule has 2 fully saturated rings. The average molecular weight is 519 g/mol. The number of fused-ring (bicyclic) bond motifs is 3. The van der Waals surface area contributed by atoms with Gasteiger partial charge in [-0.05, 0) is 35.5 Å². The molecular formula is C28H38O9. The Kier molecular flexibility index (Phi) is 7.78. The fourth-order valence-corrected chi connectivity index (χ4v) is 6.99. The number of hydrogen-bond donors (Lipinski definition) is 0. The van der Waals surface area contributed by atoms with Crippen LogP contribution in [0.2, 0.25) is 0 Å². The summed E-state index contributed by atoms with van der Waals surface area (Å²) in [7, 11) is 0. The summed E-state index contributed by atoms with van der Waals surface area (Å²) >= 11 is 0. The molecule has 0 aromatic rings. The van der Waals surface area contributed by atoms with Crippen molar-refractivity contribution < 1.29 is 42.9 Å². The Hall–Kier alpha value is -2.97. The summed E-state index contributed by atoms with van der Waals surface area (Å²) in [4.78, 5) is 62.2. The summed E-state index contributed by atoms with van der Waals surface area (Å²) in [6, 6.07) is 0. The Morgan fingerprint density at radius 3 is 1.86 bits per heavy atom. The van der Waals surface area contributed by atoms with Crippen LogP contribution in [0.1, 0.15) is 74.7 Å². The quantitative estimate of drug-likeness (QED) is 0.312. The summed E-state index contributed by atoms with van der Waals surface area (Å²) in [6.07, 6.45) is -2.79. The zero-order chi connectivity index (χ0) is 28.0. The van der Waals surface area contributed by atoms with E-state index in [0.29, 0.717) is 16.7 Å². The van der Waals surface area contributed by atoms with E-state index in [9.17, 15) is 24.0 Å². The lowest BCUT2D eigenvalue weighted by molar-refractivity contribution is -0.194. The number of ketones is 1. The molecule has 0 amide bonds. The first-order valence-electron chi connectivity index (χ1n) is 12.6. The van der Waals surface area contributed by atoms with Crippen LogP contribution in [0.25, 0.3) is 0 Å². The van der Waals surface area contributed by atoms with Crippen molar-refractivity contribution in [3.8, 4) is 0 Å². The van der Waals surface area contributed by atoms with E-state index in [1.165, 1.54) is 27.7 Å². The SMILES string of the molecule is C=C1[C@@H](OC(C)=O)C[C@H](OC(C)=O)[C@@]2(C)C[C@H](OC(C)=O)C3=C(C)C(=O)C[C@@H]([C@@H](OC(C)=O)[C@H]12)C3(C)C. The summed E-state index contributed by atoms with van der Waals surface area (Å²) in [5.41, 5.74) is 0.0559. The van der Waals surface area contributed by atoms with E-state index in [0.717, 1.165) is 0 Å². The fraction of sp³-hybridized carbons (Fsp3) is 0.679. The molecule has 3 aliphatic carbocycles. The van der Waals surface area contributed by atoms with Crippen LogP contribution in [0.3, 0.4) is 0 Å². The van der Waals surface area contributed by atoms with Crippen molar-refractivity contribution in [1.82, 2.24) is 0 Å². The highest BCUT2D eigenvalue weighted by Gasteiger charge is 2.63. The first kappa shape index (κ1) is 28.6. The van der Waals surface area contributed by atoms with Gasteiger partial charge in [0.05, 0.1) is 0 Å². The van der Waals surface area contributed by atoms with Crippen molar-refractivity contribution in [1.29, 1.82) is 0 Å². The van der Waals surface area contributed by atoms with E-state index in [1.807, 2.05) is 20.8 Å². The maximum atomic E-state index is 13.3. The Labute approximate surface area is 217 Å². The summed E-state index contributed by atoms with van der Waals surface area (Å²) in [5, 5.41) is 0. The molecule has 0 saturated heterocycles. The Morgan fingerprint density at radius 1 is 0.838 bits per heavy atom. The van der Waals surface area contributed by atoms with Crippen LogP contribution < -0.4 is 0 Å². The Morgan fingerprint density at radius 2 is 1.35 bits per heavy atom. The van der Waals surface area contributed by atoms with Gasteiger partial charge in [0, 0.05) is 57.8 Å². The number of esters is 4. The van der Waals surface area contributed by atoms with Crippen molar-refractivity contribution in [2.45, 2.75) is 99.1 Å². The van der Waals surface area contributed by atoms with E-state index < -0.39 is 71.0 Å². The van der Waals surface area contributed by atoms with Crippen LogP contribution >= 0.6 is 0 Å². The molecule has 0 aromatic heterocycles. The molecule has 2 saturated carbocycles. The van der Waals surface area contributed by atoms with Gasteiger partial charge in [0.2, 0.25) is 0 Å². The number of allylic oxidation sites excluding steroid dienone is 1. The second kappa shape index (κ2) is 10.1. The first-order valence-corrected chi connectivity index (χ1v) is 12.6. The van der Waals surface area contributed by atoms with Crippen molar-refractivity contribution in [2.24, 2.45) is 22.7 Å². The average Bonchev–Trinajstić information content (AvgIpc) is 2.71. The minimum absolute atomic E-state index is 0.101. The summed E-state index contributed by atoms with van der Waals surface area (Å²) in [6.45, 7) is 17.0. The van der Waals surface area contributed by atoms with E-state index in [4.69, 9.17) is 18.9 Å². The monoisotopic (exact) mass is 518 g/mol. The molecule has 0 radical (unpaired) electrons. The van der Waals surface area contributed by atoms with E-state index in [-0.39, 0.29) is 25.0 Å². The molecule has 0 aromatic carbocycles. The molecular weight excluding hydrogens is 480 g/mol. The Bertz CT molecular complexity index is 1070. The normalized spacial score (nSPS) is 34.9. The number of hydrogen-bond acceptors (Lipinski definition) is 9. The van der Waals surface area contributed by atoms with Crippen molar-refractivity contribution in [3.05, 3.63) is 23.3 Å². The van der Waals surface area contributed by atoms with Crippen molar-refractivity contribution in [3.63, 3.8) is 0 Å². The predicted octanol–water partition coefficient (Wildman–Crippen LogP) is 3.63. The molecule has 9 heteroatoms. The lowest BCUT2D eigenvalue weighted by Gasteiger charge is -2.58. The highest BCUT2D eigenvalue weighted by atomic mass is 16.6. The van der Waals surface area contributed by atoms with Crippen LogP contribution in [-0.4, -0.2) is 54.1 Å². The molecule has 3 rings (SSSR count). The summed E-state index contributed by atoms with van der Waals surface area (Å²) in [5.74, 6) is -3.40. The molecule has 0 spiro atoms. The third kappa shape index (κ3) is 5.22. The number of Topliss-reactive ketones (excluding diaryl/α,β-unsaturated/α-hetero) is 1. The highest BCUT2D eigenvalue weighted by molar-refractivity contribution is 5.97.